The normalized spacial score (nSPS) is 12.5. The molecule has 0 saturated carbocycles. The number of aromatic nitrogens is 1. The number of pyridine rings is 1. The minimum atomic E-state index is -0.602. The maximum absolute atomic E-state index is 12.7. The molecule has 1 aliphatic rings. The SMILES string of the molecule is O=C(Nc1cccc(N2C(=O)c3ccccc3C2=O)c1)c1ccc(-c2ccccc2)[nH]c1=O. The molecule has 1 aromatic heterocycles. The molecule has 0 fully saturated rings. The van der Waals surface area contributed by atoms with E-state index in [1.807, 2.05) is 30.3 Å². The zero-order valence-corrected chi connectivity index (χ0v) is 17.2. The fourth-order valence-corrected chi connectivity index (χ4v) is 3.78. The van der Waals surface area contributed by atoms with Crippen LogP contribution in [0, 0.1) is 0 Å². The molecule has 0 atom stereocenters. The number of hydrogen-bond donors (Lipinski definition) is 2. The average Bonchev–Trinajstić information content (AvgIpc) is 3.10. The minimum absolute atomic E-state index is 0.0548. The highest BCUT2D eigenvalue weighted by molar-refractivity contribution is 6.34. The Hall–Kier alpha value is -4.78. The zero-order valence-electron chi connectivity index (χ0n) is 17.2. The van der Waals surface area contributed by atoms with E-state index in [0.29, 0.717) is 28.2 Å². The molecule has 0 radical (unpaired) electrons. The summed E-state index contributed by atoms with van der Waals surface area (Å²) in [7, 11) is 0. The van der Waals surface area contributed by atoms with Crippen LogP contribution < -0.4 is 15.8 Å². The van der Waals surface area contributed by atoms with Gasteiger partial charge in [0.2, 0.25) is 0 Å². The lowest BCUT2D eigenvalue weighted by atomic mass is 10.1. The number of fused-ring (bicyclic) bond motifs is 1. The molecule has 5 rings (SSSR count). The van der Waals surface area contributed by atoms with Crippen LogP contribution in [-0.4, -0.2) is 22.7 Å². The first-order chi connectivity index (χ1) is 16.0. The van der Waals surface area contributed by atoms with Gasteiger partial charge in [0, 0.05) is 11.4 Å². The van der Waals surface area contributed by atoms with E-state index in [1.54, 1.807) is 48.5 Å². The van der Waals surface area contributed by atoms with Crippen LogP contribution in [0.25, 0.3) is 11.3 Å². The molecule has 3 amide bonds. The summed E-state index contributed by atoms with van der Waals surface area (Å²) in [6.07, 6.45) is 0. The summed E-state index contributed by atoms with van der Waals surface area (Å²) >= 11 is 0. The Bertz CT molecular complexity index is 1440. The molecule has 160 valence electrons. The van der Waals surface area contributed by atoms with Gasteiger partial charge < -0.3 is 10.3 Å². The van der Waals surface area contributed by atoms with Gasteiger partial charge in [0.1, 0.15) is 5.56 Å². The second-order valence-corrected chi connectivity index (χ2v) is 7.48. The van der Waals surface area contributed by atoms with Gasteiger partial charge in [-0.25, -0.2) is 4.90 Å². The van der Waals surface area contributed by atoms with Crippen LogP contribution in [0.1, 0.15) is 31.1 Å². The third-order valence-corrected chi connectivity index (χ3v) is 5.40. The number of carbonyl (C=O) groups excluding carboxylic acids is 3. The van der Waals surface area contributed by atoms with Crippen molar-refractivity contribution >= 4 is 29.1 Å². The number of anilines is 2. The van der Waals surface area contributed by atoms with Crippen LogP contribution in [-0.2, 0) is 0 Å². The Kier molecular flexibility index (Phi) is 4.91. The first-order valence-corrected chi connectivity index (χ1v) is 10.2. The summed E-state index contributed by atoms with van der Waals surface area (Å²) in [4.78, 5) is 54.5. The number of nitrogens with one attached hydrogen (secondary N) is 2. The molecule has 0 saturated heterocycles. The molecular formula is C26H17N3O4. The van der Waals surface area contributed by atoms with Crippen molar-refractivity contribution in [1.29, 1.82) is 0 Å². The summed E-state index contributed by atoms with van der Waals surface area (Å²) in [5.74, 6) is -1.45. The quantitative estimate of drug-likeness (QED) is 0.472. The topological polar surface area (TPSA) is 99.3 Å². The van der Waals surface area contributed by atoms with Crippen molar-refractivity contribution in [1.82, 2.24) is 4.98 Å². The van der Waals surface area contributed by atoms with E-state index in [1.165, 1.54) is 12.1 Å². The van der Waals surface area contributed by atoms with Crippen molar-refractivity contribution in [3.63, 3.8) is 0 Å². The summed E-state index contributed by atoms with van der Waals surface area (Å²) in [6.45, 7) is 0. The summed E-state index contributed by atoms with van der Waals surface area (Å²) in [6, 6.07) is 25.4. The summed E-state index contributed by atoms with van der Waals surface area (Å²) in [5.41, 5.74) is 2.20. The monoisotopic (exact) mass is 435 g/mol. The lowest BCUT2D eigenvalue weighted by Crippen LogP contribution is -2.29. The first-order valence-electron chi connectivity index (χ1n) is 10.2. The van der Waals surface area contributed by atoms with Crippen molar-refractivity contribution in [3.8, 4) is 11.3 Å². The molecule has 3 aromatic carbocycles. The fourth-order valence-electron chi connectivity index (χ4n) is 3.78. The van der Waals surface area contributed by atoms with E-state index in [-0.39, 0.29) is 5.56 Å². The number of imide groups is 1. The molecule has 7 nitrogen and oxygen atoms in total. The predicted octanol–water partition coefficient (Wildman–Crippen LogP) is 4.09. The van der Waals surface area contributed by atoms with Crippen molar-refractivity contribution in [3.05, 3.63) is 118 Å². The van der Waals surface area contributed by atoms with Gasteiger partial charge in [-0.2, -0.15) is 0 Å². The van der Waals surface area contributed by atoms with Gasteiger partial charge in [0.05, 0.1) is 16.8 Å². The highest BCUT2D eigenvalue weighted by Gasteiger charge is 2.36. The minimum Gasteiger partial charge on any atom is -0.322 e. The van der Waals surface area contributed by atoms with Crippen LogP contribution in [0.5, 0.6) is 0 Å². The summed E-state index contributed by atoms with van der Waals surface area (Å²) < 4.78 is 0. The Labute approximate surface area is 188 Å². The number of nitrogens with zero attached hydrogens (tertiary/aromatic N) is 1. The number of hydrogen-bond acceptors (Lipinski definition) is 4. The third-order valence-electron chi connectivity index (χ3n) is 5.40. The second-order valence-electron chi connectivity index (χ2n) is 7.48. The Morgan fingerprint density at radius 1 is 0.727 bits per heavy atom. The van der Waals surface area contributed by atoms with E-state index in [0.717, 1.165) is 10.5 Å². The van der Waals surface area contributed by atoms with E-state index in [9.17, 15) is 19.2 Å². The third kappa shape index (κ3) is 3.61. The number of carbonyl (C=O) groups is 3. The van der Waals surface area contributed by atoms with Crippen LogP contribution in [0.3, 0.4) is 0 Å². The summed E-state index contributed by atoms with van der Waals surface area (Å²) in [5, 5.41) is 2.66. The number of benzene rings is 3. The maximum atomic E-state index is 12.7. The Balaban J connectivity index is 1.39. The highest BCUT2D eigenvalue weighted by Crippen LogP contribution is 2.29. The molecule has 0 bridgehead atoms. The predicted molar refractivity (Wildman–Crippen MR) is 124 cm³/mol. The Morgan fingerprint density at radius 2 is 1.39 bits per heavy atom. The highest BCUT2D eigenvalue weighted by atomic mass is 16.2. The van der Waals surface area contributed by atoms with Crippen LogP contribution >= 0.6 is 0 Å². The number of aromatic amines is 1. The standard InChI is InChI=1S/C26H17N3O4/c30-23(21-13-14-22(28-24(21)31)16-7-2-1-3-8-16)27-17-9-6-10-18(15-17)29-25(32)19-11-4-5-12-20(19)26(29)33/h1-15H,(H,27,30)(H,28,31). The molecule has 4 aromatic rings. The van der Waals surface area contributed by atoms with Gasteiger partial charge in [0.25, 0.3) is 23.3 Å². The van der Waals surface area contributed by atoms with Crippen molar-refractivity contribution in [2.24, 2.45) is 0 Å². The lowest BCUT2D eigenvalue weighted by molar-refractivity contribution is 0.0925. The molecule has 2 heterocycles. The van der Waals surface area contributed by atoms with Crippen molar-refractivity contribution in [2.45, 2.75) is 0 Å². The van der Waals surface area contributed by atoms with Gasteiger partial charge in [-0.3, -0.25) is 19.2 Å². The van der Waals surface area contributed by atoms with Gasteiger partial charge in [-0.15, -0.1) is 0 Å². The van der Waals surface area contributed by atoms with E-state index in [4.69, 9.17) is 0 Å². The molecule has 2 N–H and O–H groups in total. The number of rotatable bonds is 4. The van der Waals surface area contributed by atoms with E-state index >= 15 is 0 Å². The molecule has 1 aliphatic heterocycles. The lowest BCUT2D eigenvalue weighted by Gasteiger charge is -2.15. The van der Waals surface area contributed by atoms with Crippen LogP contribution in [0.2, 0.25) is 0 Å². The van der Waals surface area contributed by atoms with Crippen LogP contribution in [0.15, 0.2) is 95.8 Å². The number of amides is 3. The molecule has 7 heteroatoms. The van der Waals surface area contributed by atoms with Crippen LogP contribution in [0.4, 0.5) is 11.4 Å². The van der Waals surface area contributed by atoms with Gasteiger partial charge in [-0.05, 0) is 48.0 Å². The van der Waals surface area contributed by atoms with E-state index < -0.39 is 23.3 Å². The number of H-pyrrole nitrogens is 1. The molecule has 0 aliphatic carbocycles. The molecule has 0 unspecified atom stereocenters. The smallest absolute Gasteiger partial charge is 0.266 e. The maximum Gasteiger partial charge on any atom is 0.266 e. The van der Waals surface area contributed by atoms with Crippen molar-refractivity contribution < 1.29 is 14.4 Å². The molecule has 0 spiro atoms. The average molecular weight is 435 g/mol. The molecular weight excluding hydrogens is 418 g/mol. The van der Waals surface area contributed by atoms with Gasteiger partial charge in [0.15, 0.2) is 0 Å². The second kappa shape index (κ2) is 8.05. The first kappa shape index (κ1) is 20.1. The van der Waals surface area contributed by atoms with Gasteiger partial charge in [-0.1, -0.05) is 48.5 Å². The van der Waals surface area contributed by atoms with E-state index in [2.05, 4.69) is 10.3 Å². The Morgan fingerprint density at radius 3 is 2.06 bits per heavy atom. The molecule has 33 heavy (non-hydrogen) atoms. The van der Waals surface area contributed by atoms with Gasteiger partial charge >= 0.3 is 0 Å². The van der Waals surface area contributed by atoms with Crippen molar-refractivity contribution in [2.75, 3.05) is 10.2 Å². The fraction of sp³-hybridized carbons (Fsp3) is 0. The largest absolute Gasteiger partial charge is 0.322 e. The zero-order chi connectivity index (χ0) is 22.9.